The fourth-order valence-electron chi connectivity index (χ4n) is 7.00. The minimum Gasteiger partial charge on any atom is -0.492 e. The molecule has 8 nitrogen and oxygen atoms in total. The van der Waals surface area contributed by atoms with E-state index < -0.39 is 6.04 Å². The number of carbonyl (C=O) groups is 3. The fourth-order valence-corrected chi connectivity index (χ4v) is 7.00. The summed E-state index contributed by atoms with van der Waals surface area (Å²) in [6, 6.07) is 5.43. The zero-order valence-corrected chi connectivity index (χ0v) is 19.8. The van der Waals surface area contributed by atoms with E-state index in [0.717, 1.165) is 30.8 Å². The molecule has 0 spiro atoms. The van der Waals surface area contributed by atoms with E-state index in [-0.39, 0.29) is 29.7 Å². The van der Waals surface area contributed by atoms with E-state index in [4.69, 9.17) is 9.47 Å². The van der Waals surface area contributed by atoms with Crippen molar-refractivity contribution in [2.45, 2.75) is 75.6 Å². The molecule has 3 amide bonds. The third-order valence-corrected chi connectivity index (χ3v) is 8.75. The number of amides is 3. The molecule has 7 rings (SSSR count). The largest absolute Gasteiger partial charge is 0.492 e. The van der Waals surface area contributed by atoms with Gasteiger partial charge < -0.3 is 14.4 Å². The van der Waals surface area contributed by atoms with Crippen molar-refractivity contribution in [1.29, 1.82) is 0 Å². The summed E-state index contributed by atoms with van der Waals surface area (Å²) in [6.07, 6.45) is 7.86. The van der Waals surface area contributed by atoms with Gasteiger partial charge in [0.25, 0.3) is 5.91 Å². The van der Waals surface area contributed by atoms with Crippen LogP contribution in [0.15, 0.2) is 18.2 Å². The molecule has 2 saturated heterocycles. The highest BCUT2D eigenvalue weighted by atomic mass is 16.5. The molecular weight excluding hydrogens is 434 g/mol. The molecule has 3 aliphatic carbocycles. The lowest BCUT2D eigenvalue weighted by Gasteiger charge is -2.70. The molecule has 3 aliphatic heterocycles. The molecule has 1 aromatic rings. The van der Waals surface area contributed by atoms with Crippen LogP contribution in [0.2, 0.25) is 0 Å². The standard InChI is InChI=1S/C26H33N3O5/c1-33-26-13-25(14-26,15-26)16-28-9-3-2-4-18(28)12-34-19-5-6-20-17(10-19)11-29(24(20)32)21-7-8-22(30)27-23(21)31/h5-6,10,18,21H,2-4,7-9,11-16H2,1H3,(H,27,30,31)/t18-,21?,25?,26?/m1/s1. The van der Waals surface area contributed by atoms with E-state index in [1.165, 1.54) is 32.1 Å². The number of nitrogens with one attached hydrogen (secondary N) is 1. The summed E-state index contributed by atoms with van der Waals surface area (Å²) < 4.78 is 11.9. The molecule has 1 N–H and O–H groups in total. The normalized spacial score (nSPS) is 34.9. The molecule has 3 heterocycles. The number of likely N-dealkylation sites (tertiary alicyclic amines) is 1. The SMILES string of the molecule is COC12CC(CN3CCCC[C@@H]3COc3ccc4c(c3)CN(C3CCC(=O)NC3=O)C4=O)(C1)C2. The molecule has 2 atom stereocenters. The van der Waals surface area contributed by atoms with Gasteiger partial charge in [0.15, 0.2) is 0 Å². The average Bonchev–Trinajstić information content (AvgIpc) is 3.10. The highest BCUT2D eigenvalue weighted by Gasteiger charge is 2.68. The Bertz CT molecular complexity index is 1020. The number of piperidine rings is 2. The summed E-state index contributed by atoms with van der Waals surface area (Å²) in [5.74, 6) is -0.0376. The van der Waals surface area contributed by atoms with Crippen LogP contribution in [-0.4, -0.2) is 72.0 Å². The average molecular weight is 468 g/mol. The van der Waals surface area contributed by atoms with Gasteiger partial charge in [-0.3, -0.25) is 24.6 Å². The lowest BCUT2D eigenvalue weighted by Crippen LogP contribution is -2.71. The third kappa shape index (κ3) is 3.62. The van der Waals surface area contributed by atoms with E-state index in [1.807, 2.05) is 25.3 Å². The number of nitrogens with zero attached hydrogens (tertiary/aromatic N) is 2. The number of hydrogen-bond acceptors (Lipinski definition) is 6. The van der Waals surface area contributed by atoms with Crippen LogP contribution in [0.1, 0.15) is 67.3 Å². The molecule has 6 aliphatic rings. The topological polar surface area (TPSA) is 88.2 Å². The minimum absolute atomic E-state index is 0.151. The summed E-state index contributed by atoms with van der Waals surface area (Å²) in [5, 5.41) is 2.35. The first-order valence-corrected chi connectivity index (χ1v) is 12.6. The number of rotatable bonds is 7. The summed E-state index contributed by atoms with van der Waals surface area (Å²) in [6.45, 7) is 3.30. The van der Waals surface area contributed by atoms with Crippen molar-refractivity contribution in [3.63, 3.8) is 0 Å². The number of carbonyl (C=O) groups excluding carboxylic acids is 3. The Balaban J connectivity index is 1.08. The van der Waals surface area contributed by atoms with Crippen LogP contribution in [0.25, 0.3) is 0 Å². The Hall–Kier alpha value is -2.45. The van der Waals surface area contributed by atoms with Gasteiger partial charge in [0, 0.05) is 38.2 Å². The van der Waals surface area contributed by atoms with Crippen LogP contribution in [0.5, 0.6) is 5.75 Å². The summed E-state index contributed by atoms with van der Waals surface area (Å²) in [4.78, 5) is 40.8. The van der Waals surface area contributed by atoms with Crippen LogP contribution in [0.3, 0.4) is 0 Å². The number of benzene rings is 1. The zero-order valence-electron chi connectivity index (χ0n) is 19.8. The van der Waals surface area contributed by atoms with Gasteiger partial charge >= 0.3 is 0 Å². The maximum Gasteiger partial charge on any atom is 0.255 e. The highest BCUT2D eigenvalue weighted by molar-refractivity contribution is 6.05. The molecule has 8 heteroatoms. The van der Waals surface area contributed by atoms with Crippen molar-refractivity contribution >= 4 is 17.7 Å². The second kappa shape index (κ2) is 8.05. The van der Waals surface area contributed by atoms with Gasteiger partial charge in [0.2, 0.25) is 11.8 Å². The van der Waals surface area contributed by atoms with Gasteiger partial charge in [0.1, 0.15) is 18.4 Å². The molecule has 34 heavy (non-hydrogen) atoms. The number of fused-ring (bicyclic) bond motifs is 1. The lowest BCUT2D eigenvalue weighted by atomic mass is 9.41. The van der Waals surface area contributed by atoms with Gasteiger partial charge in [-0.2, -0.15) is 0 Å². The van der Waals surface area contributed by atoms with Gasteiger partial charge in [-0.1, -0.05) is 6.42 Å². The fraction of sp³-hybridized carbons (Fsp3) is 0.654. The van der Waals surface area contributed by atoms with Gasteiger partial charge in [0.05, 0.1) is 5.60 Å². The van der Waals surface area contributed by atoms with E-state index in [9.17, 15) is 14.4 Å². The molecule has 0 radical (unpaired) electrons. The summed E-state index contributed by atoms with van der Waals surface area (Å²) in [7, 11) is 1.84. The predicted octanol–water partition coefficient (Wildman–Crippen LogP) is 2.25. The van der Waals surface area contributed by atoms with Crippen molar-refractivity contribution in [3.05, 3.63) is 29.3 Å². The van der Waals surface area contributed by atoms with Crippen molar-refractivity contribution in [1.82, 2.24) is 15.1 Å². The quantitative estimate of drug-likeness (QED) is 0.619. The lowest BCUT2D eigenvalue weighted by molar-refractivity contribution is -0.281. The molecule has 1 aromatic carbocycles. The zero-order chi connectivity index (χ0) is 23.5. The molecule has 5 fully saturated rings. The molecular formula is C26H33N3O5. The van der Waals surface area contributed by atoms with Crippen molar-refractivity contribution in [2.75, 3.05) is 26.8 Å². The monoisotopic (exact) mass is 467 g/mol. The van der Waals surface area contributed by atoms with Crippen molar-refractivity contribution < 1.29 is 23.9 Å². The molecule has 1 unspecified atom stereocenters. The first kappa shape index (κ1) is 22.0. The highest BCUT2D eigenvalue weighted by Crippen LogP contribution is 2.69. The molecule has 0 aromatic heterocycles. The Morgan fingerprint density at radius 2 is 1.94 bits per heavy atom. The number of imide groups is 1. The van der Waals surface area contributed by atoms with Crippen LogP contribution in [0, 0.1) is 5.41 Å². The van der Waals surface area contributed by atoms with E-state index >= 15 is 0 Å². The smallest absolute Gasteiger partial charge is 0.255 e. The Labute approximate surface area is 199 Å². The maximum atomic E-state index is 12.9. The van der Waals surface area contributed by atoms with Crippen LogP contribution >= 0.6 is 0 Å². The van der Waals surface area contributed by atoms with Crippen molar-refractivity contribution in [2.24, 2.45) is 5.41 Å². The maximum absolute atomic E-state index is 12.9. The predicted molar refractivity (Wildman–Crippen MR) is 123 cm³/mol. The molecule has 3 saturated carbocycles. The number of methoxy groups -OCH3 is 1. The number of ether oxygens (including phenoxy) is 2. The second-order valence-corrected chi connectivity index (χ2v) is 11.1. The third-order valence-electron chi connectivity index (χ3n) is 8.75. The van der Waals surface area contributed by atoms with Crippen LogP contribution in [0.4, 0.5) is 0 Å². The molecule has 182 valence electrons. The Morgan fingerprint density at radius 1 is 1.12 bits per heavy atom. The first-order chi connectivity index (χ1) is 16.4. The van der Waals surface area contributed by atoms with Crippen LogP contribution < -0.4 is 10.1 Å². The Kier molecular flexibility index (Phi) is 5.22. The minimum atomic E-state index is -0.591. The van der Waals surface area contributed by atoms with E-state index in [1.54, 1.807) is 4.90 Å². The first-order valence-electron chi connectivity index (χ1n) is 12.6. The van der Waals surface area contributed by atoms with E-state index in [2.05, 4.69) is 10.2 Å². The number of hydrogen-bond donors (Lipinski definition) is 1. The molecule has 2 bridgehead atoms. The van der Waals surface area contributed by atoms with Gasteiger partial charge in [-0.05, 0) is 74.2 Å². The Morgan fingerprint density at radius 3 is 2.71 bits per heavy atom. The van der Waals surface area contributed by atoms with Crippen LogP contribution in [-0.2, 0) is 20.9 Å². The van der Waals surface area contributed by atoms with E-state index in [0.29, 0.717) is 36.6 Å². The summed E-state index contributed by atoms with van der Waals surface area (Å²) in [5.41, 5.74) is 2.14. The van der Waals surface area contributed by atoms with Crippen molar-refractivity contribution in [3.8, 4) is 5.75 Å². The summed E-state index contributed by atoms with van der Waals surface area (Å²) >= 11 is 0. The van der Waals surface area contributed by atoms with Gasteiger partial charge in [-0.25, -0.2) is 0 Å². The second-order valence-electron chi connectivity index (χ2n) is 11.1. The van der Waals surface area contributed by atoms with Gasteiger partial charge in [-0.15, -0.1) is 0 Å².